The molecule has 17 heavy (non-hydrogen) atoms. The van der Waals surface area contributed by atoms with Gasteiger partial charge in [-0.15, -0.1) is 0 Å². The van der Waals surface area contributed by atoms with Gasteiger partial charge in [-0.2, -0.15) is 13.2 Å². The summed E-state index contributed by atoms with van der Waals surface area (Å²) in [5.74, 6) is 0. The van der Waals surface area contributed by atoms with Gasteiger partial charge >= 0.3 is 6.18 Å². The van der Waals surface area contributed by atoms with Crippen LogP contribution in [0.5, 0.6) is 0 Å². The molecule has 0 atom stereocenters. The van der Waals surface area contributed by atoms with Gasteiger partial charge in [0.15, 0.2) is 5.15 Å². The maximum absolute atomic E-state index is 11.7. The fraction of sp³-hybridized carbons (Fsp3) is 0.500. The Bertz CT molecular complexity index is 447. The van der Waals surface area contributed by atoms with E-state index in [1.54, 1.807) is 0 Å². The molecule has 1 heterocycles. The summed E-state index contributed by atoms with van der Waals surface area (Å²) in [6, 6.07) is 0. The minimum Gasteiger partial charge on any atom is -0.370 e. The molecule has 9 heteroatoms. The number of aromatic nitrogens is 2. The fourth-order valence-corrected chi connectivity index (χ4v) is 1.24. The zero-order valence-corrected chi connectivity index (χ0v) is 9.81. The van der Waals surface area contributed by atoms with Crippen LogP contribution < -0.4 is 5.56 Å². The molecule has 0 saturated carbocycles. The van der Waals surface area contributed by atoms with E-state index in [4.69, 9.17) is 23.2 Å². The number of rotatable bonds is 4. The van der Waals surface area contributed by atoms with Gasteiger partial charge in [-0.1, -0.05) is 23.2 Å². The lowest BCUT2D eigenvalue weighted by molar-refractivity contribution is -0.174. The minimum absolute atomic E-state index is 0.0845. The lowest BCUT2D eigenvalue weighted by Gasteiger charge is -2.09. The molecule has 1 aromatic heterocycles. The lowest BCUT2D eigenvalue weighted by atomic mass is 10.5. The second-order valence-electron chi connectivity index (χ2n) is 3.02. The summed E-state index contributed by atoms with van der Waals surface area (Å²) >= 11 is 11.0. The highest BCUT2D eigenvalue weighted by molar-refractivity contribution is 6.40. The molecule has 0 N–H and O–H groups in total. The van der Waals surface area contributed by atoms with E-state index in [0.717, 1.165) is 10.9 Å². The Balaban J connectivity index is 2.54. The number of nitrogens with zero attached hydrogens (tertiary/aromatic N) is 2. The van der Waals surface area contributed by atoms with Crippen LogP contribution >= 0.6 is 23.2 Å². The van der Waals surface area contributed by atoms with Gasteiger partial charge in [0.1, 0.15) is 11.6 Å². The first-order chi connectivity index (χ1) is 7.81. The first kappa shape index (κ1) is 14.3. The zero-order valence-electron chi connectivity index (χ0n) is 8.30. The topological polar surface area (TPSA) is 44.1 Å². The third kappa shape index (κ3) is 4.53. The van der Waals surface area contributed by atoms with E-state index >= 15 is 0 Å². The van der Waals surface area contributed by atoms with Crippen LogP contribution in [-0.2, 0) is 11.3 Å². The Hall–Kier alpha value is -0.790. The van der Waals surface area contributed by atoms with Crippen LogP contribution in [0.15, 0.2) is 11.1 Å². The molecule has 0 amide bonds. The van der Waals surface area contributed by atoms with Gasteiger partial charge in [-0.3, -0.25) is 9.36 Å². The molecular formula is C8H7Cl2F3N2O2. The summed E-state index contributed by atoms with van der Waals surface area (Å²) in [5, 5.41) is -0.422. The molecule has 96 valence electrons. The standard InChI is InChI=1S/C8H7Cl2F3N2O2/c9-5-6(10)14-4-15(7(5)16)1-2-17-3-8(11,12)13/h4H,1-3H2. The van der Waals surface area contributed by atoms with Crippen molar-refractivity contribution in [1.29, 1.82) is 0 Å². The molecule has 0 aliphatic carbocycles. The van der Waals surface area contributed by atoms with Gasteiger partial charge in [0.25, 0.3) is 5.56 Å². The first-order valence-corrected chi connectivity index (χ1v) is 5.12. The summed E-state index contributed by atoms with van der Waals surface area (Å²) < 4.78 is 40.6. The van der Waals surface area contributed by atoms with Crippen molar-refractivity contribution in [3.8, 4) is 0 Å². The molecule has 0 saturated heterocycles. The molecule has 0 aromatic carbocycles. The van der Waals surface area contributed by atoms with Gasteiger partial charge < -0.3 is 4.74 Å². The van der Waals surface area contributed by atoms with Crippen molar-refractivity contribution >= 4 is 23.2 Å². The third-order valence-corrected chi connectivity index (χ3v) is 2.41. The quantitative estimate of drug-likeness (QED) is 0.630. The van der Waals surface area contributed by atoms with Crippen molar-refractivity contribution in [2.24, 2.45) is 0 Å². The maximum atomic E-state index is 11.7. The molecule has 0 unspecified atom stereocenters. The molecule has 1 rings (SSSR count). The summed E-state index contributed by atoms with van der Waals surface area (Å²) in [7, 11) is 0. The molecule has 0 aliphatic rings. The van der Waals surface area contributed by atoms with E-state index in [0.29, 0.717) is 0 Å². The van der Waals surface area contributed by atoms with E-state index in [1.807, 2.05) is 0 Å². The molecular weight excluding hydrogens is 284 g/mol. The molecule has 0 aliphatic heterocycles. The number of hydrogen-bond acceptors (Lipinski definition) is 3. The number of ether oxygens (including phenoxy) is 1. The second-order valence-corrected chi connectivity index (χ2v) is 3.75. The molecule has 0 radical (unpaired) electrons. The van der Waals surface area contributed by atoms with Crippen molar-refractivity contribution in [2.45, 2.75) is 12.7 Å². The summed E-state index contributed by atoms with van der Waals surface area (Å²) in [5.41, 5.74) is -0.623. The molecule has 1 aromatic rings. The monoisotopic (exact) mass is 290 g/mol. The summed E-state index contributed by atoms with van der Waals surface area (Å²) in [6.07, 6.45) is -3.30. The van der Waals surface area contributed by atoms with Gasteiger partial charge in [0.05, 0.1) is 19.5 Å². The first-order valence-electron chi connectivity index (χ1n) is 4.36. The fourth-order valence-electron chi connectivity index (χ4n) is 0.954. The molecule has 4 nitrogen and oxygen atoms in total. The highest BCUT2D eigenvalue weighted by Gasteiger charge is 2.27. The van der Waals surface area contributed by atoms with Crippen LogP contribution in [0.3, 0.4) is 0 Å². The van der Waals surface area contributed by atoms with E-state index in [-0.39, 0.29) is 23.3 Å². The third-order valence-electron chi connectivity index (χ3n) is 1.68. The minimum atomic E-state index is -4.39. The average Bonchev–Trinajstić information content (AvgIpc) is 2.22. The Kier molecular flexibility index (Phi) is 4.79. The predicted molar refractivity (Wildman–Crippen MR) is 55.4 cm³/mol. The molecule has 0 fully saturated rings. The second kappa shape index (κ2) is 5.70. The van der Waals surface area contributed by atoms with E-state index < -0.39 is 18.3 Å². The van der Waals surface area contributed by atoms with Crippen LogP contribution in [0, 0.1) is 0 Å². The predicted octanol–water partition coefficient (Wildman–Crippen LogP) is 2.13. The SMILES string of the molecule is O=c1c(Cl)c(Cl)ncn1CCOCC(F)(F)F. The number of hydrogen-bond donors (Lipinski definition) is 0. The van der Waals surface area contributed by atoms with Crippen molar-refractivity contribution in [3.63, 3.8) is 0 Å². The zero-order chi connectivity index (χ0) is 13.1. The van der Waals surface area contributed by atoms with Crippen molar-refractivity contribution in [3.05, 3.63) is 26.9 Å². The van der Waals surface area contributed by atoms with Crippen LogP contribution in [0.1, 0.15) is 0 Å². The Morgan fingerprint density at radius 1 is 1.41 bits per heavy atom. The number of alkyl halides is 3. The molecule has 0 spiro atoms. The maximum Gasteiger partial charge on any atom is 0.411 e. The van der Waals surface area contributed by atoms with Gasteiger partial charge in [0, 0.05) is 0 Å². The van der Waals surface area contributed by atoms with Crippen LogP contribution in [0.2, 0.25) is 10.2 Å². The Morgan fingerprint density at radius 3 is 2.65 bits per heavy atom. The van der Waals surface area contributed by atoms with E-state index in [2.05, 4.69) is 9.72 Å². The van der Waals surface area contributed by atoms with Crippen molar-refractivity contribution < 1.29 is 17.9 Å². The van der Waals surface area contributed by atoms with Crippen LogP contribution in [-0.4, -0.2) is 28.9 Å². The number of halogens is 5. The normalized spacial score (nSPS) is 11.8. The highest BCUT2D eigenvalue weighted by Crippen LogP contribution is 2.14. The Labute approximate surface area is 104 Å². The smallest absolute Gasteiger partial charge is 0.370 e. The highest BCUT2D eigenvalue weighted by atomic mass is 35.5. The van der Waals surface area contributed by atoms with Crippen molar-refractivity contribution in [1.82, 2.24) is 9.55 Å². The largest absolute Gasteiger partial charge is 0.411 e. The van der Waals surface area contributed by atoms with E-state index in [9.17, 15) is 18.0 Å². The van der Waals surface area contributed by atoms with Crippen LogP contribution in [0.25, 0.3) is 0 Å². The Morgan fingerprint density at radius 2 is 2.06 bits per heavy atom. The summed E-state index contributed by atoms with van der Waals surface area (Å²) in [4.78, 5) is 15.0. The van der Waals surface area contributed by atoms with Gasteiger partial charge in [-0.05, 0) is 0 Å². The van der Waals surface area contributed by atoms with E-state index in [1.165, 1.54) is 0 Å². The lowest BCUT2D eigenvalue weighted by Crippen LogP contribution is -2.25. The molecule has 0 bridgehead atoms. The van der Waals surface area contributed by atoms with Crippen LogP contribution in [0.4, 0.5) is 13.2 Å². The van der Waals surface area contributed by atoms with Gasteiger partial charge in [-0.25, -0.2) is 4.98 Å². The van der Waals surface area contributed by atoms with Gasteiger partial charge in [0.2, 0.25) is 0 Å². The average molecular weight is 291 g/mol. The summed E-state index contributed by atoms with van der Waals surface area (Å²) in [6.45, 7) is -1.73. The van der Waals surface area contributed by atoms with Crippen molar-refractivity contribution in [2.75, 3.05) is 13.2 Å².